The molecule has 0 fully saturated rings. The lowest BCUT2D eigenvalue weighted by atomic mass is 10.2. The van der Waals surface area contributed by atoms with Crippen LogP contribution < -0.4 is 0 Å². The van der Waals surface area contributed by atoms with Gasteiger partial charge in [-0.05, 0) is 12.1 Å². The fourth-order valence-corrected chi connectivity index (χ4v) is 2.26. The molecule has 0 aliphatic carbocycles. The lowest BCUT2D eigenvalue weighted by molar-refractivity contribution is 0.219. The van der Waals surface area contributed by atoms with Gasteiger partial charge < -0.3 is 9.67 Å². The van der Waals surface area contributed by atoms with Gasteiger partial charge in [-0.15, -0.1) is 11.3 Å². The summed E-state index contributed by atoms with van der Waals surface area (Å²) in [6, 6.07) is 3.58. The molecular weight excluding hydrogens is 220 g/mol. The Balaban J connectivity index is 2.28. The van der Waals surface area contributed by atoms with Crippen LogP contribution >= 0.6 is 22.9 Å². The Bertz CT molecular complexity index is 397. The molecule has 2 aromatic rings. The third kappa shape index (κ3) is 1.82. The Morgan fingerprint density at radius 3 is 2.86 bits per heavy atom. The molecule has 0 radical (unpaired) electrons. The van der Waals surface area contributed by atoms with E-state index in [1.165, 1.54) is 11.3 Å². The van der Waals surface area contributed by atoms with Crippen molar-refractivity contribution < 1.29 is 5.11 Å². The summed E-state index contributed by atoms with van der Waals surface area (Å²) < 4.78 is 2.48. The van der Waals surface area contributed by atoms with Gasteiger partial charge in [-0.3, -0.25) is 0 Å². The van der Waals surface area contributed by atoms with E-state index in [1.54, 1.807) is 23.2 Å². The molecule has 1 unspecified atom stereocenters. The maximum Gasteiger partial charge on any atom is 0.132 e. The van der Waals surface area contributed by atoms with E-state index in [2.05, 4.69) is 4.98 Å². The van der Waals surface area contributed by atoms with Crippen molar-refractivity contribution in [1.29, 1.82) is 0 Å². The number of rotatable bonds is 2. The molecule has 2 aromatic heterocycles. The fraction of sp³-hybridized carbons (Fsp3) is 0.222. The minimum Gasteiger partial charge on any atom is -0.381 e. The van der Waals surface area contributed by atoms with Crippen LogP contribution in [0, 0.1) is 0 Å². The molecule has 3 nitrogen and oxygen atoms in total. The number of halogens is 1. The van der Waals surface area contributed by atoms with E-state index in [9.17, 15) is 5.11 Å². The summed E-state index contributed by atoms with van der Waals surface area (Å²) in [5, 5.41) is 9.89. The van der Waals surface area contributed by atoms with E-state index in [0.29, 0.717) is 10.0 Å². The first-order chi connectivity index (χ1) is 6.66. The number of hydrogen-bond donors (Lipinski definition) is 1. The Kier molecular flexibility index (Phi) is 2.58. The zero-order chi connectivity index (χ0) is 10.1. The van der Waals surface area contributed by atoms with Crippen LogP contribution in [-0.2, 0) is 7.05 Å². The number of aromatic nitrogens is 2. The van der Waals surface area contributed by atoms with Crippen molar-refractivity contribution in [2.75, 3.05) is 0 Å². The third-order valence-corrected chi connectivity index (χ3v) is 3.15. The smallest absolute Gasteiger partial charge is 0.132 e. The summed E-state index contributed by atoms with van der Waals surface area (Å²) >= 11 is 7.15. The van der Waals surface area contributed by atoms with Crippen molar-refractivity contribution in [3.8, 4) is 0 Å². The topological polar surface area (TPSA) is 38.0 Å². The predicted molar refractivity (Wildman–Crippen MR) is 56.6 cm³/mol. The van der Waals surface area contributed by atoms with Crippen LogP contribution in [-0.4, -0.2) is 14.7 Å². The van der Waals surface area contributed by atoms with Crippen molar-refractivity contribution in [3.63, 3.8) is 0 Å². The minimum atomic E-state index is -0.673. The molecule has 0 aromatic carbocycles. The van der Waals surface area contributed by atoms with Crippen LogP contribution in [0.2, 0.25) is 4.34 Å². The minimum absolute atomic E-state index is 0.644. The van der Waals surface area contributed by atoms with Gasteiger partial charge in [0, 0.05) is 18.1 Å². The molecule has 1 N–H and O–H groups in total. The Morgan fingerprint density at radius 2 is 2.36 bits per heavy atom. The molecule has 5 heteroatoms. The number of aliphatic hydroxyl groups is 1. The lowest BCUT2D eigenvalue weighted by Crippen LogP contribution is -1.96. The molecule has 1 atom stereocenters. The number of thiophene rings is 1. The number of aryl methyl sites for hydroxylation is 1. The highest BCUT2D eigenvalue weighted by atomic mass is 35.5. The first-order valence-electron chi connectivity index (χ1n) is 4.08. The van der Waals surface area contributed by atoms with Crippen LogP contribution in [0.15, 0.2) is 24.7 Å². The van der Waals surface area contributed by atoms with Crippen LogP contribution in [0.4, 0.5) is 0 Å². The van der Waals surface area contributed by atoms with Crippen molar-refractivity contribution in [3.05, 3.63) is 39.6 Å². The Labute approximate surface area is 90.6 Å². The average molecular weight is 229 g/mol. The molecule has 0 aliphatic rings. The highest BCUT2D eigenvalue weighted by molar-refractivity contribution is 7.16. The predicted octanol–water partition coefficient (Wildman–Crippen LogP) is 2.22. The summed E-state index contributed by atoms with van der Waals surface area (Å²) in [5.74, 6) is 0. The zero-order valence-electron chi connectivity index (χ0n) is 7.51. The van der Waals surface area contributed by atoms with Crippen LogP contribution in [0.1, 0.15) is 16.7 Å². The van der Waals surface area contributed by atoms with E-state index in [1.807, 2.05) is 13.1 Å². The van der Waals surface area contributed by atoms with Gasteiger partial charge in [-0.25, -0.2) is 4.98 Å². The summed E-state index contributed by atoms with van der Waals surface area (Å²) in [5.41, 5.74) is 0.644. The van der Waals surface area contributed by atoms with Gasteiger partial charge in [0.2, 0.25) is 0 Å². The molecule has 0 aliphatic heterocycles. The van der Waals surface area contributed by atoms with Crippen LogP contribution in [0.3, 0.4) is 0 Å². The second kappa shape index (κ2) is 3.73. The monoisotopic (exact) mass is 228 g/mol. The van der Waals surface area contributed by atoms with Gasteiger partial charge in [0.15, 0.2) is 0 Å². The number of imidazole rings is 1. The van der Waals surface area contributed by atoms with Crippen molar-refractivity contribution in [2.24, 2.45) is 7.05 Å². The summed E-state index contributed by atoms with van der Waals surface area (Å²) in [6.45, 7) is 0. The van der Waals surface area contributed by atoms with E-state index in [-0.39, 0.29) is 0 Å². The van der Waals surface area contributed by atoms with E-state index >= 15 is 0 Å². The second-order valence-electron chi connectivity index (χ2n) is 3.01. The van der Waals surface area contributed by atoms with Crippen LogP contribution in [0.5, 0.6) is 0 Å². The highest BCUT2D eigenvalue weighted by Gasteiger charge is 2.14. The standard InChI is InChI=1S/C9H9ClN2OS/c1-12-4-6(11-5-12)9(13)7-2-3-8(10)14-7/h2-5,9,13H,1H3. The van der Waals surface area contributed by atoms with E-state index in [4.69, 9.17) is 11.6 Å². The molecule has 0 saturated heterocycles. The largest absolute Gasteiger partial charge is 0.381 e. The molecule has 2 rings (SSSR count). The molecule has 0 amide bonds. The van der Waals surface area contributed by atoms with Gasteiger partial charge in [0.1, 0.15) is 6.10 Å². The van der Waals surface area contributed by atoms with Crippen LogP contribution in [0.25, 0.3) is 0 Å². The summed E-state index contributed by atoms with van der Waals surface area (Å²) in [7, 11) is 1.87. The maximum absolute atomic E-state index is 9.89. The molecule has 0 spiro atoms. The SMILES string of the molecule is Cn1cnc(C(O)c2ccc(Cl)s2)c1. The molecule has 14 heavy (non-hydrogen) atoms. The van der Waals surface area contributed by atoms with Crippen molar-refractivity contribution in [1.82, 2.24) is 9.55 Å². The Hall–Kier alpha value is -0.840. The highest BCUT2D eigenvalue weighted by Crippen LogP contribution is 2.29. The van der Waals surface area contributed by atoms with Gasteiger partial charge in [0.05, 0.1) is 16.4 Å². The van der Waals surface area contributed by atoms with Gasteiger partial charge in [-0.2, -0.15) is 0 Å². The number of nitrogens with zero attached hydrogens (tertiary/aromatic N) is 2. The van der Waals surface area contributed by atoms with Gasteiger partial charge in [0.25, 0.3) is 0 Å². The van der Waals surface area contributed by atoms with E-state index in [0.717, 1.165) is 4.88 Å². The average Bonchev–Trinajstić information content (AvgIpc) is 2.73. The number of aliphatic hydroxyl groups excluding tert-OH is 1. The fourth-order valence-electron chi connectivity index (χ4n) is 1.20. The molecule has 74 valence electrons. The van der Waals surface area contributed by atoms with E-state index < -0.39 is 6.10 Å². The molecule has 0 bridgehead atoms. The lowest BCUT2D eigenvalue weighted by Gasteiger charge is -2.03. The van der Waals surface area contributed by atoms with Crippen molar-refractivity contribution >= 4 is 22.9 Å². The van der Waals surface area contributed by atoms with Gasteiger partial charge >= 0.3 is 0 Å². The number of hydrogen-bond acceptors (Lipinski definition) is 3. The first kappa shape index (κ1) is 9.71. The molecule has 2 heterocycles. The summed E-state index contributed by atoms with van der Waals surface area (Å²) in [4.78, 5) is 4.89. The Morgan fingerprint density at radius 1 is 1.57 bits per heavy atom. The third-order valence-electron chi connectivity index (χ3n) is 1.87. The quantitative estimate of drug-likeness (QED) is 0.856. The summed E-state index contributed by atoms with van der Waals surface area (Å²) in [6.07, 6.45) is 2.78. The maximum atomic E-state index is 9.89. The zero-order valence-corrected chi connectivity index (χ0v) is 9.09. The van der Waals surface area contributed by atoms with Crippen molar-refractivity contribution in [2.45, 2.75) is 6.10 Å². The molecule has 0 saturated carbocycles. The molecular formula is C9H9ClN2OS. The second-order valence-corrected chi connectivity index (χ2v) is 4.76. The van der Waals surface area contributed by atoms with Gasteiger partial charge in [-0.1, -0.05) is 11.6 Å². The normalized spacial score (nSPS) is 13.1. The first-order valence-corrected chi connectivity index (χ1v) is 5.27.